The third-order valence-electron chi connectivity index (χ3n) is 3.82. The predicted octanol–water partition coefficient (Wildman–Crippen LogP) is 2.58. The fraction of sp³-hybridized carbons (Fsp3) is 0.571. The van der Waals surface area contributed by atoms with Crippen LogP contribution in [-0.2, 0) is 0 Å². The van der Waals surface area contributed by atoms with Gasteiger partial charge in [0.05, 0.1) is 6.10 Å². The molecule has 0 amide bonds. The molecule has 2 aliphatic rings. The van der Waals surface area contributed by atoms with E-state index in [1.165, 1.54) is 22.6 Å². The average molecular weight is 249 g/mol. The number of rotatable bonds is 3. The molecule has 1 unspecified atom stereocenters. The van der Waals surface area contributed by atoms with Gasteiger partial charge in [-0.05, 0) is 49.1 Å². The Bertz CT molecular complexity index is 390. The Morgan fingerprint density at radius 3 is 2.94 bits per heavy atom. The first-order valence-electron chi connectivity index (χ1n) is 6.46. The van der Waals surface area contributed by atoms with E-state index < -0.39 is 0 Å². The summed E-state index contributed by atoms with van der Waals surface area (Å²) in [6.45, 7) is 1.06. The van der Waals surface area contributed by atoms with Gasteiger partial charge in [-0.2, -0.15) is 0 Å². The van der Waals surface area contributed by atoms with E-state index in [1.807, 2.05) is 11.8 Å². The highest BCUT2D eigenvalue weighted by molar-refractivity contribution is 7.99. The van der Waals surface area contributed by atoms with E-state index in [0.29, 0.717) is 12.0 Å². The van der Waals surface area contributed by atoms with Gasteiger partial charge in [-0.1, -0.05) is 18.2 Å². The molecule has 1 aromatic carbocycles. The van der Waals surface area contributed by atoms with E-state index in [0.717, 1.165) is 19.4 Å². The first-order chi connectivity index (χ1) is 8.33. The maximum Gasteiger partial charge on any atom is 0.0546 e. The molecule has 3 heteroatoms. The average Bonchev–Trinajstić information content (AvgIpc) is 2.33. The molecule has 1 heterocycles. The second-order valence-electron chi connectivity index (χ2n) is 5.13. The Kier molecular flexibility index (Phi) is 3.41. The fourth-order valence-corrected chi connectivity index (χ4v) is 3.86. The lowest BCUT2D eigenvalue weighted by Gasteiger charge is -2.34. The lowest BCUT2D eigenvalue weighted by molar-refractivity contribution is 0.0417. The summed E-state index contributed by atoms with van der Waals surface area (Å²) >= 11 is 1.97. The molecule has 92 valence electrons. The van der Waals surface area contributed by atoms with E-state index in [9.17, 15) is 5.11 Å². The van der Waals surface area contributed by atoms with Gasteiger partial charge < -0.3 is 10.4 Å². The summed E-state index contributed by atoms with van der Waals surface area (Å²) in [6, 6.07) is 9.24. The van der Waals surface area contributed by atoms with Crippen molar-refractivity contribution < 1.29 is 5.11 Å². The number of hydrogen-bond acceptors (Lipinski definition) is 3. The molecule has 3 rings (SSSR count). The lowest BCUT2D eigenvalue weighted by atomic mass is 9.82. The van der Waals surface area contributed by atoms with Crippen LogP contribution in [0.3, 0.4) is 0 Å². The fourth-order valence-electron chi connectivity index (χ4n) is 2.73. The lowest BCUT2D eigenvalue weighted by Crippen LogP contribution is -2.38. The molecule has 0 saturated heterocycles. The molecule has 0 bridgehead atoms. The number of aliphatic hydroxyl groups is 1. The Balaban J connectivity index is 1.61. The molecule has 0 aromatic heterocycles. The highest BCUT2D eigenvalue weighted by Gasteiger charge is 2.28. The van der Waals surface area contributed by atoms with E-state index in [2.05, 4.69) is 29.6 Å². The van der Waals surface area contributed by atoms with Crippen LogP contribution in [0.15, 0.2) is 29.2 Å². The predicted molar refractivity (Wildman–Crippen MR) is 71.3 cm³/mol. The summed E-state index contributed by atoms with van der Waals surface area (Å²) in [5.74, 6) is 1.90. The van der Waals surface area contributed by atoms with Crippen molar-refractivity contribution in [1.82, 2.24) is 5.32 Å². The van der Waals surface area contributed by atoms with Crippen LogP contribution in [0.2, 0.25) is 0 Å². The quantitative estimate of drug-likeness (QED) is 0.863. The Morgan fingerprint density at radius 2 is 2.12 bits per heavy atom. The van der Waals surface area contributed by atoms with Crippen LogP contribution >= 0.6 is 11.8 Å². The molecule has 2 nitrogen and oxygen atoms in total. The summed E-state index contributed by atoms with van der Waals surface area (Å²) in [5, 5.41) is 13.0. The van der Waals surface area contributed by atoms with Gasteiger partial charge in [-0.3, -0.25) is 0 Å². The molecule has 1 aromatic rings. The highest BCUT2D eigenvalue weighted by Crippen LogP contribution is 2.36. The Labute approximate surface area is 107 Å². The van der Waals surface area contributed by atoms with Crippen molar-refractivity contribution in [1.29, 1.82) is 0 Å². The zero-order valence-corrected chi connectivity index (χ0v) is 10.7. The molecule has 1 saturated carbocycles. The Morgan fingerprint density at radius 1 is 1.29 bits per heavy atom. The van der Waals surface area contributed by atoms with Crippen molar-refractivity contribution in [3.63, 3.8) is 0 Å². The van der Waals surface area contributed by atoms with Crippen molar-refractivity contribution in [3.8, 4) is 0 Å². The van der Waals surface area contributed by atoms with Gasteiger partial charge in [-0.15, -0.1) is 11.8 Å². The summed E-state index contributed by atoms with van der Waals surface area (Å²) in [4.78, 5) is 1.44. The monoisotopic (exact) mass is 249 g/mol. The first kappa shape index (κ1) is 11.6. The molecular formula is C14H19NOS. The molecule has 0 radical (unpaired) electrons. The van der Waals surface area contributed by atoms with Crippen LogP contribution in [0.1, 0.15) is 30.9 Å². The largest absolute Gasteiger partial charge is 0.393 e. The van der Waals surface area contributed by atoms with Gasteiger partial charge in [0.25, 0.3) is 0 Å². The van der Waals surface area contributed by atoms with Gasteiger partial charge in [0.2, 0.25) is 0 Å². The molecule has 1 fully saturated rings. The van der Waals surface area contributed by atoms with Gasteiger partial charge in [0.15, 0.2) is 0 Å². The summed E-state index contributed by atoms with van der Waals surface area (Å²) < 4.78 is 0. The zero-order chi connectivity index (χ0) is 11.7. The highest BCUT2D eigenvalue weighted by atomic mass is 32.2. The third kappa shape index (κ3) is 2.51. The van der Waals surface area contributed by atoms with Crippen LogP contribution in [0.25, 0.3) is 0 Å². The smallest absolute Gasteiger partial charge is 0.0546 e. The van der Waals surface area contributed by atoms with Crippen LogP contribution in [0.4, 0.5) is 0 Å². The molecule has 1 atom stereocenters. The minimum absolute atomic E-state index is 0.0315. The van der Waals surface area contributed by atoms with Crippen LogP contribution in [0, 0.1) is 5.92 Å². The van der Waals surface area contributed by atoms with Gasteiger partial charge in [0, 0.05) is 10.9 Å². The van der Waals surface area contributed by atoms with Crippen molar-refractivity contribution in [3.05, 3.63) is 29.8 Å². The van der Waals surface area contributed by atoms with Crippen LogP contribution < -0.4 is 5.32 Å². The van der Waals surface area contributed by atoms with E-state index in [-0.39, 0.29) is 6.10 Å². The van der Waals surface area contributed by atoms with E-state index in [1.54, 1.807) is 0 Å². The number of hydrogen-bond donors (Lipinski definition) is 2. The van der Waals surface area contributed by atoms with E-state index >= 15 is 0 Å². The zero-order valence-electron chi connectivity index (χ0n) is 9.93. The van der Waals surface area contributed by atoms with Crippen molar-refractivity contribution in [2.24, 2.45) is 5.92 Å². The summed E-state index contributed by atoms with van der Waals surface area (Å²) in [5.41, 5.74) is 1.46. The minimum atomic E-state index is -0.0315. The topological polar surface area (TPSA) is 32.3 Å². The molecular weight excluding hydrogens is 230 g/mol. The summed E-state index contributed by atoms with van der Waals surface area (Å²) in [7, 11) is 0. The second kappa shape index (κ2) is 5.01. The molecule has 2 N–H and O–H groups in total. The molecule has 17 heavy (non-hydrogen) atoms. The van der Waals surface area contributed by atoms with Gasteiger partial charge >= 0.3 is 0 Å². The maximum absolute atomic E-state index is 9.28. The Hall–Kier alpha value is -0.510. The number of nitrogens with one attached hydrogen (secondary N) is 1. The second-order valence-corrected chi connectivity index (χ2v) is 6.26. The van der Waals surface area contributed by atoms with Crippen molar-refractivity contribution in [2.45, 2.75) is 36.3 Å². The van der Waals surface area contributed by atoms with Crippen LogP contribution in [-0.4, -0.2) is 23.5 Å². The SMILES string of the molecule is OC1CC(CNC2CCSc3ccccc32)C1. The molecule has 1 aliphatic heterocycles. The minimum Gasteiger partial charge on any atom is -0.393 e. The number of fused-ring (bicyclic) bond motifs is 1. The number of benzene rings is 1. The van der Waals surface area contributed by atoms with Gasteiger partial charge in [0.1, 0.15) is 0 Å². The number of thioether (sulfide) groups is 1. The normalized spacial score (nSPS) is 31.7. The third-order valence-corrected chi connectivity index (χ3v) is 4.94. The van der Waals surface area contributed by atoms with Crippen molar-refractivity contribution in [2.75, 3.05) is 12.3 Å². The van der Waals surface area contributed by atoms with Crippen LogP contribution in [0.5, 0.6) is 0 Å². The standard InChI is InChI=1S/C14H19NOS/c16-11-7-10(8-11)9-15-13-5-6-17-14-4-2-1-3-12(13)14/h1-4,10-11,13,15-16H,5-9H2. The summed E-state index contributed by atoms with van der Waals surface area (Å²) in [6.07, 6.45) is 3.15. The molecule has 1 aliphatic carbocycles. The van der Waals surface area contributed by atoms with E-state index in [4.69, 9.17) is 0 Å². The first-order valence-corrected chi connectivity index (χ1v) is 7.44. The van der Waals surface area contributed by atoms with Crippen molar-refractivity contribution >= 4 is 11.8 Å². The molecule has 0 spiro atoms. The van der Waals surface area contributed by atoms with Gasteiger partial charge in [-0.25, -0.2) is 0 Å². The maximum atomic E-state index is 9.28. The number of aliphatic hydroxyl groups excluding tert-OH is 1.